The quantitative estimate of drug-likeness (QED) is 0.440. The Hall–Kier alpha value is -0.720. The van der Waals surface area contributed by atoms with Gasteiger partial charge in [0.25, 0.3) is 10.1 Å². The van der Waals surface area contributed by atoms with Crippen molar-refractivity contribution in [2.45, 2.75) is 9.79 Å². The van der Waals surface area contributed by atoms with Crippen molar-refractivity contribution >= 4 is 28.4 Å². The molecule has 2 N–H and O–H groups in total. The van der Waals surface area contributed by atoms with Gasteiger partial charge < -0.3 is 5.73 Å². The second-order valence-electron chi connectivity index (χ2n) is 2.34. The number of anilines is 1. The van der Waals surface area contributed by atoms with E-state index in [-0.39, 0.29) is 4.90 Å². The summed E-state index contributed by atoms with van der Waals surface area (Å²) in [5.41, 5.74) is 5.78. The molecule has 0 aliphatic heterocycles. The zero-order chi connectivity index (χ0) is 10.1. The minimum Gasteiger partial charge on any atom is -0.398 e. The minimum atomic E-state index is -3.65. The first-order valence-electron chi connectivity index (χ1n) is 3.36. The first-order chi connectivity index (χ1) is 5.97. The van der Waals surface area contributed by atoms with E-state index in [9.17, 15) is 8.42 Å². The number of benzene rings is 1. The molecule has 0 radical (unpaired) electrons. The molecule has 4 nitrogen and oxygen atoms in total. The Labute approximate surface area is 82.2 Å². The van der Waals surface area contributed by atoms with Gasteiger partial charge in [0, 0.05) is 10.6 Å². The molecule has 6 heteroatoms. The summed E-state index contributed by atoms with van der Waals surface area (Å²) >= 11 is 4.01. The maximum atomic E-state index is 11.2. The van der Waals surface area contributed by atoms with Crippen LogP contribution in [-0.4, -0.2) is 15.5 Å². The van der Waals surface area contributed by atoms with Crippen LogP contribution in [-0.2, 0) is 14.3 Å². The summed E-state index contributed by atoms with van der Waals surface area (Å²) in [4.78, 5) is 0.570. The number of nitrogen functional groups attached to an aromatic ring is 1. The van der Waals surface area contributed by atoms with Crippen molar-refractivity contribution in [1.29, 1.82) is 0 Å². The van der Waals surface area contributed by atoms with Crippen molar-refractivity contribution in [3.05, 3.63) is 18.2 Å². The molecule has 1 aromatic rings. The van der Waals surface area contributed by atoms with Crippen molar-refractivity contribution in [2.75, 3.05) is 12.8 Å². The number of hydrogen-bond acceptors (Lipinski definition) is 5. The third-order valence-corrected chi connectivity index (χ3v) is 3.18. The highest BCUT2D eigenvalue weighted by atomic mass is 32.2. The van der Waals surface area contributed by atoms with E-state index in [1.807, 2.05) is 0 Å². The highest BCUT2D eigenvalue weighted by Gasteiger charge is 2.13. The van der Waals surface area contributed by atoms with Gasteiger partial charge in [-0.1, -0.05) is 0 Å². The normalized spacial score (nSPS) is 11.5. The van der Waals surface area contributed by atoms with Crippen LogP contribution in [0.4, 0.5) is 5.69 Å². The molecule has 0 unspecified atom stereocenters. The third kappa shape index (κ3) is 2.15. The predicted molar refractivity (Wildman–Crippen MR) is 52.3 cm³/mol. The van der Waals surface area contributed by atoms with Crippen LogP contribution in [0.2, 0.25) is 0 Å². The van der Waals surface area contributed by atoms with Crippen LogP contribution in [0.25, 0.3) is 0 Å². The van der Waals surface area contributed by atoms with E-state index in [0.29, 0.717) is 10.6 Å². The second-order valence-corrected chi connectivity index (χ2v) is 4.54. The maximum Gasteiger partial charge on any atom is 0.296 e. The third-order valence-electron chi connectivity index (χ3n) is 1.51. The molecule has 0 atom stereocenters. The zero-order valence-electron chi connectivity index (χ0n) is 6.89. The maximum absolute atomic E-state index is 11.2. The molecule has 0 bridgehead atoms. The Morgan fingerprint density at radius 1 is 1.46 bits per heavy atom. The van der Waals surface area contributed by atoms with Crippen LogP contribution >= 0.6 is 12.6 Å². The van der Waals surface area contributed by atoms with Crippen LogP contribution in [0.5, 0.6) is 0 Å². The molecule has 0 amide bonds. The Morgan fingerprint density at radius 2 is 2.08 bits per heavy atom. The summed E-state index contributed by atoms with van der Waals surface area (Å²) in [7, 11) is -2.55. The lowest BCUT2D eigenvalue weighted by molar-refractivity contribution is 0.398. The minimum absolute atomic E-state index is 0.0327. The molecule has 0 aliphatic carbocycles. The molecular weight excluding hydrogens is 210 g/mol. The second kappa shape index (κ2) is 3.57. The van der Waals surface area contributed by atoms with Gasteiger partial charge >= 0.3 is 0 Å². The van der Waals surface area contributed by atoms with Crippen molar-refractivity contribution in [1.82, 2.24) is 0 Å². The van der Waals surface area contributed by atoms with Gasteiger partial charge in [-0.15, -0.1) is 12.6 Å². The van der Waals surface area contributed by atoms with Crippen molar-refractivity contribution in [2.24, 2.45) is 0 Å². The van der Waals surface area contributed by atoms with Gasteiger partial charge in [-0.2, -0.15) is 8.42 Å². The molecule has 13 heavy (non-hydrogen) atoms. The lowest BCUT2D eigenvalue weighted by Crippen LogP contribution is -2.03. The fraction of sp³-hybridized carbons (Fsp3) is 0.143. The van der Waals surface area contributed by atoms with Gasteiger partial charge in [0.15, 0.2) is 0 Å². The molecule has 0 spiro atoms. The predicted octanol–water partition coefficient (Wildman–Crippen LogP) is 0.893. The highest BCUT2D eigenvalue weighted by molar-refractivity contribution is 7.86. The molecule has 72 valence electrons. The molecule has 0 aromatic heterocycles. The van der Waals surface area contributed by atoms with Crippen LogP contribution < -0.4 is 5.73 Å². The summed E-state index contributed by atoms with van der Waals surface area (Å²) in [6.07, 6.45) is 0. The van der Waals surface area contributed by atoms with Crippen LogP contribution in [0, 0.1) is 0 Å². The van der Waals surface area contributed by atoms with Gasteiger partial charge in [0.05, 0.1) is 12.0 Å². The summed E-state index contributed by atoms with van der Waals surface area (Å²) in [5.74, 6) is 0. The SMILES string of the molecule is COS(=O)(=O)c1ccc(S)c(N)c1. The van der Waals surface area contributed by atoms with E-state index < -0.39 is 10.1 Å². The summed E-state index contributed by atoms with van der Waals surface area (Å²) < 4.78 is 26.6. The average molecular weight is 219 g/mol. The van der Waals surface area contributed by atoms with E-state index in [1.165, 1.54) is 18.2 Å². The van der Waals surface area contributed by atoms with Crippen molar-refractivity contribution in [3.63, 3.8) is 0 Å². The molecule has 1 aromatic carbocycles. The number of thiol groups is 1. The van der Waals surface area contributed by atoms with Gasteiger partial charge in [0.1, 0.15) is 0 Å². The number of nitrogens with two attached hydrogens (primary N) is 1. The summed E-state index contributed by atoms with van der Waals surface area (Å²) in [6.45, 7) is 0. The van der Waals surface area contributed by atoms with Gasteiger partial charge in [-0.05, 0) is 18.2 Å². The topological polar surface area (TPSA) is 69.4 Å². The molecule has 0 aliphatic rings. The molecule has 0 fully saturated rings. The fourth-order valence-corrected chi connectivity index (χ4v) is 1.62. The van der Waals surface area contributed by atoms with E-state index in [1.54, 1.807) is 0 Å². The Bertz CT molecular complexity index is 414. The van der Waals surface area contributed by atoms with E-state index >= 15 is 0 Å². The van der Waals surface area contributed by atoms with E-state index in [4.69, 9.17) is 5.73 Å². The lowest BCUT2D eigenvalue weighted by Gasteiger charge is -2.03. The smallest absolute Gasteiger partial charge is 0.296 e. The first-order valence-corrected chi connectivity index (χ1v) is 5.22. The molecule has 1 rings (SSSR count). The Morgan fingerprint density at radius 3 is 2.54 bits per heavy atom. The standard InChI is InChI=1S/C7H9NO3S2/c1-11-13(9,10)5-2-3-7(12)6(8)4-5/h2-4,12H,8H2,1H3. The Balaban J connectivity index is 3.27. The zero-order valence-corrected chi connectivity index (χ0v) is 8.60. The Kier molecular flexibility index (Phi) is 2.84. The van der Waals surface area contributed by atoms with Crippen molar-refractivity contribution in [3.8, 4) is 0 Å². The van der Waals surface area contributed by atoms with Crippen LogP contribution in [0.3, 0.4) is 0 Å². The van der Waals surface area contributed by atoms with Crippen LogP contribution in [0.15, 0.2) is 28.0 Å². The van der Waals surface area contributed by atoms with Gasteiger partial charge in [-0.3, -0.25) is 4.18 Å². The number of rotatable bonds is 2. The van der Waals surface area contributed by atoms with Crippen molar-refractivity contribution < 1.29 is 12.6 Å². The first kappa shape index (κ1) is 10.4. The van der Waals surface area contributed by atoms with E-state index in [0.717, 1.165) is 7.11 Å². The molecule has 0 saturated heterocycles. The monoisotopic (exact) mass is 219 g/mol. The van der Waals surface area contributed by atoms with Crippen LogP contribution in [0.1, 0.15) is 0 Å². The summed E-state index contributed by atoms with van der Waals surface area (Å²) in [5, 5.41) is 0. The lowest BCUT2D eigenvalue weighted by atomic mass is 10.3. The fourth-order valence-electron chi connectivity index (χ4n) is 0.784. The summed E-state index contributed by atoms with van der Waals surface area (Å²) in [6, 6.07) is 4.20. The molecular formula is C7H9NO3S2. The molecule has 0 heterocycles. The molecule has 0 saturated carbocycles. The number of hydrogen-bond donors (Lipinski definition) is 2. The largest absolute Gasteiger partial charge is 0.398 e. The van der Waals surface area contributed by atoms with Gasteiger partial charge in [0.2, 0.25) is 0 Å². The van der Waals surface area contributed by atoms with E-state index in [2.05, 4.69) is 16.8 Å². The average Bonchev–Trinajstić information content (AvgIpc) is 2.09. The highest BCUT2D eigenvalue weighted by Crippen LogP contribution is 2.21. The van der Waals surface area contributed by atoms with Gasteiger partial charge in [-0.25, -0.2) is 0 Å².